The van der Waals surface area contributed by atoms with Crippen LogP contribution in [-0.4, -0.2) is 19.5 Å². The summed E-state index contributed by atoms with van der Waals surface area (Å²) in [5.41, 5.74) is 5.61. The normalized spacial score (nSPS) is 17.6. The van der Waals surface area contributed by atoms with Crippen molar-refractivity contribution in [2.45, 2.75) is 11.9 Å². The molecule has 1 aromatic carbocycles. The highest BCUT2D eigenvalue weighted by Gasteiger charge is 2.36. The summed E-state index contributed by atoms with van der Waals surface area (Å²) in [6, 6.07) is 3.25. The van der Waals surface area contributed by atoms with Crippen LogP contribution in [-0.2, 0) is 5.54 Å². The number of nitrogens with one attached hydrogen (secondary N) is 1. The summed E-state index contributed by atoms with van der Waals surface area (Å²) < 4.78 is 52.6. The summed E-state index contributed by atoms with van der Waals surface area (Å²) in [4.78, 5) is 0. The van der Waals surface area contributed by atoms with E-state index in [1.807, 2.05) is 0 Å². The van der Waals surface area contributed by atoms with Crippen LogP contribution >= 0.6 is 12.4 Å². The van der Waals surface area contributed by atoms with E-state index in [-0.39, 0.29) is 12.4 Å². The molecule has 102 valence electrons. The zero-order valence-corrected chi connectivity index (χ0v) is 9.87. The molecular weight excluding hydrogens is 276 g/mol. The Hall–Kier alpha value is -1.05. The molecule has 1 fully saturated rings. The third kappa shape index (κ3) is 3.04. The highest BCUT2D eigenvalue weighted by atomic mass is 35.5. The van der Waals surface area contributed by atoms with Crippen molar-refractivity contribution in [2.75, 3.05) is 13.1 Å². The van der Waals surface area contributed by atoms with Gasteiger partial charge in [0.05, 0.1) is 5.54 Å². The molecule has 8 heteroatoms. The second-order valence-electron chi connectivity index (χ2n) is 3.95. The van der Waals surface area contributed by atoms with Crippen LogP contribution in [0.25, 0.3) is 0 Å². The van der Waals surface area contributed by atoms with Crippen LogP contribution in [0.1, 0.15) is 5.56 Å². The van der Waals surface area contributed by atoms with Crippen LogP contribution < -0.4 is 15.8 Å². The lowest BCUT2D eigenvalue weighted by atomic mass is 9.85. The molecule has 0 radical (unpaired) electrons. The number of benzene rings is 1. The molecule has 1 saturated heterocycles. The molecule has 0 aromatic heterocycles. The molecule has 0 unspecified atom stereocenters. The van der Waals surface area contributed by atoms with E-state index in [1.165, 1.54) is 6.07 Å². The first-order valence-electron chi connectivity index (χ1n) is 4.86. The van der Waals surface area contributed by atoms with Gasteiger partial charge in [-0.15, -0.1) is 25.6 Å². The Bertz CT molecular complexity index is 434. The number of alkyl halides is 3. The molecule has 3 N–H and O–H groups in total. The van der Waals surface area contributed by atoms with Gasteiger partial charge in [0, 0.05) is 13.1 Å². The predicted octanol–water partition coefficient (Wildman–Crippen LogP) is 1.90. The van der Waals surface area contributed by atoms with Gasteiger partial charge in [0.15, 0.2) is 11.6 Å². The number of hydrogen-bond acceptors (Lipinski definition) is 3. The SMILES string of the molecule is Cl.NC1(c2ccc(OC(F)(F)F)c(F)c2)CNC1. The number of hydrogen-bond donors (Lipinski definition) is 2. The average molecular weight is 287 g/mol. The lowest BCUT2D eigenvalue weighted by Crippen LogP contribution is -2.62. The first kappa shape index (κ1) is 15.0. The van der Waals surface area contributed by atoms with Crippen LogP contribution in [0.5, 0.6) is 5.75 Å². The van der Waals surface area contributed by atoms with Gasteiger partial charge in [-0.05, 0) is 17.7 Å². The zero-order chi connectivity index (χ0) is 12.7. The first-order chi connectivity index (χ1) is 7.80. The number of nitrogens with two attached hydrogens (primary N) is 1. The Morgan fingerprint density at radius 3 is 2.28 bits per heavy atom. The summed E-state index contributed by atoms with van der Waals surface area (Å²) in [7, 11) is 0. The maximum atomic E-state index is 13.4. The van der Waals surface area contributed by atoms with Crippen molar-refractivity contribution in [1.82, 2.24) is 5.32 Å². The predicted molar refractivity (Wildman–Crippen MR) is 59.1 cm³/mol. The molecule has 0 amide bonds. The summed E-state index contributed by atoms with van der Waals surface area (Å²) in [5.74, 6) is -1.92. The molecule has 18 heavy (non-hydrogen) atoms. The first-order valence-corrected chi connectivity index (χ1v) is 4.86. The van der Waals surface area contributed by atoms with E-state index < -0.39 is 23.5 Å². The largest absolute Gasteiger partial charge is 0.573 e. The molecule has 0 saturated carbocycles. The number of rotatable bonds is 2. The minimum absolute atomic E-state index is 0. The fourth-order valence-corrected chi connectivity index (χ4v) is 1.62. The molecule has 1 aliphatic rings. The van der Waals surface area contributed by atoms with Crippen LogP contribution in [0.15, 0.2) is 18.2 Å². The van der Waals surface area contributed by atoms with Gasteiger partial charge in [0.25, 0.3) is 0 Å². The molecule has 0 aliphatic carbocycles. The summed E-state index contributed by atoms with van der Waals surface area (Å²) >= 11 is 0. The van der Waals surface area contributed by atoms with Crippen molar-refractivity contribution < 1.29 is 22.3 Å². The van der Waals surface area contributed by atoms with E-state index in [1.54, 1.807) is 0 Å². The van der Waals surface area contributed by atoms with Gasteiger partial charge >= 0.3 is 6.36 Å². The van der Waals surface area contributed by atoms with Gasteiger partial charge in [-0.25, -0.2) is 4.39 Å². The molecular formula is C10H11ClF4N2O. The Kier molecular flexibility index (Phi) is 4.09. The Labute approximate surface area is 107 Å². The van der Waals surface area contributed by atoms with Gasteiger partial charge in [-0.3, -0.25) is 0 Å². The van der Waals surface area contributed by atoms with Crippen LogP contribution in [0.4, 0.5) is 17.6 Å². The van der Waals surface area contributed by atoms with Crippen molar-refractivity contribution >= 4 is 12.4 Å². The Morgan fingerprint density at radius 1 is 1.28 bits per heavy atom. The highest BCUT2D eigenvalue weighted by molar-refractivity contribution is 5.85. The fourth-order valence-electron chi connectivity index (χ4n) is 1.62. The van der Waals surface area contributed by atoms with Gasteiger partial charge in [0.1, 0.15) is 0 Å². The maximum Gasteiger partial charge on any atom is 0.573 e. The van der Waals surface area contributed by atoms with E-state index >= 15 is 0 Å². The molecule has 0 atom stereocenters. The lowest BCUT2D eigenvalue weighted by Gasteiger charge is -2.39. The van der Waals surface area contributed by atoms with Crippen LogP contribution in [0, 0.1) is 5.82 Å². The minimum atomic E-state index is -4.90. The van der Waals surface area contributed by atoms with Crippen molar-refractivity contribution in [2.24, 2.45) is 5.73 Å². The zero-order valence-electron chi connectivity index (χ0n) is 9.05. The van der Waals surface area contributed by atoms with E-state index in [0.717, 1.165) is 12.1 Å². The number of ether oxygens (including phenoxy) is 1. The number of halogens is 5. The molecule has 3 nitrogen and oxygen atoms in total. The molecule has 1 aliphatic heterocycles. The molecule has 1 heterocycles. The van der Waals surface area contributed by atoms with Crippen LogP contribution in [0.2, 0.25) is 0 Å². The van der Waals surface area contributed by atoms with Crippen LogP contribution in [0.3, 0.4) is 0 Å². The van der Waals surface area contributed by atoms with E-state index in [9.17, 15) is 17.6 Å². The van der Waals surface area contributed by atoms with Gasteiger partial charge in [-0.2, -0.15) is 0 Å². The smallest absolute Gasteiger partial charge is 0.403 e. The van der Waals surface area contributed by atoms with Crippen molar-refractivity contribution in [3.05, 3.63) is 29.6 Å². The quantitative estimate of drug-likeness (QED) is 0.817. The third-order valence-electron chi connectivity index (χ3n) is 2.61. The van der Waals surface area contributed by atoms with Gasteiger partial charge < -0.3 is 15.8 Å². The lowest BCUT2D eigenvalue weighted by molar-refractivity contribution is -0.275. The molecule has 0 spiro atoms. The average Bonchev–Trinajstić information content (AvgIpc) is 2.15. The molecule has 0 bridgehead atoms. The van der Waals surface area contributed by atoms with Crippen molar-refractivity contribution in [3.63, 3.8) is 0 Å². The topological polar surface area (TPSA) is 47.3 Å². The summed E-state index contributed by atoms with van der Waals surface area (Å²) in [6.45, 7) is 0.928. The molecule has 1 aromatic rings. The monoisotopic (exact) mass is 286 g/mol. The van der Waals surface area contributed by atoms with E-state index in [0.29, 0.717) is 18.7 Å². The van der Waals surface area contributed by atoms with E-state index in [2.05, 4.69) is 10.1 Å². The highest BCUT2D eigenvalue weighted by Crippen LogP contribution is 2.30. The van der Waals surface area contributed by atoms with Gasteiger partial charge in [-0.1, -0.05) is 6.07 Å². The third-order valence-corrected chi connectivity index (χ3v) is 2.61. The van der Waals surface area contributed by atoms with Gasteiger partial charge in [0.2, 0.25) is 0 Å². The molecule has 2 rings (SSSR count). The second-order valence-corrected chi connectivity index (χ2v) is 3.95. The Balaban J connectivity index is 0.00000162. The van der Waals surface area contributed by atoms with Crippen molar-refractivity contribution in [1.29, 1.82) is 0 Å². The van der Waals surface area contributed by atoms with E-state index in [4.69, 9.17) is 5.73 Å². The standard InChI is InChI=1S/C10H10F4N2O.ClH/c11-7-3-6(9(15)4-16-5-9)1-2-8(7)17-10(12,13)14;/h1-3,16H,4-5,15H2;1H. The minimum Gasteiger partial charge on any atom is -0.403 e. The maximum absolute atomic E-state index is 13.4. The Morgan fingerprint density at radius 2 is 1.89 bits per heavy atom. The second kappa shape index (κ2) is 4.91. The fraction of sp³-hybridized carbons (Fsp3) is 0.400. The summed E-state index contributed by atoms with van der Waals surface area (Å²) in [6.07, 6.45) is -4.90. The van der Waals surface area contributed by atoms with Crippen molar-refractivity contribution in [3.8, 4) is 5.75 Å². The summed E-state index contributed by atoms with van der Waals surface area (Å²) in [5, 5.41) is 2.91.